The average Bonchev–Trinajstić information content (AvgIpc) is 3.04. The highest BCUT2D eigenvalue weighted by Gasteiger charge is 2.31. The van der Waals surface area contributed by atoms with Gasteiger partial charge < -0.3 is 10.3 Å². The smallest absolute Gasteiger partial charge is 0.248 e. The van der Waals surface area contributed by atoms with Gasteiger partial charge in [0.1, 0.15) is 10.7 Å². The van der Waals surface area contributed by atoms with Crippen molar-refractivity contribution in [2.24, 2.45) is 0 Å². The van der Waals surface area contributed by atoms with Gasteiger partial charge >= 0.3 is 0 Å². The van der Waals surface area contributed by atoms with Gasteiger partial charge in [-0.05, 0) is 6.42 Å². The Morgan fingerprint density at radius 1 is 1.38 bits per heavy atom. The van der Waals surface area contributed by atoms with Crippen LogP contribution in [0.25, 0.3) is 0 Å². The molecule has 1 aliphatic heterocycles. The molecule has 1 aliphatic rings. The van der Waals surface area contributed by atoms with Crippen molar-refractivity contribution in [2.75, 3.05) is 12.3 Å². The van der Waals surface area contributed by atoms with Crippen LogP contribution in [-0.4, -0.2) is 38.6 Å². The molecule has 9 heteroatoms. The van der Waals surface area contributed by atoms with E-state index >= 15 is 0 Å². The maximum atomic E-state index is 12.7. The summed E-state index contributed by atoms with van der Waals surface area (Å²) in [6, 6.07) is 0. The number of anilines is 1. The molecule has 0 unspecified atom stereocenters. The Hall–Kier alpha value is -1.87. The van der Waals surface area contributed by atoms with E-state index in [-0.39, 0.29) is 17.3 Å². The second-order valence-electron chi connectivity index (χ2n) is 5.02. The van der Waals surface area contributed by atoms with E-state index in [1.807, 2.05) is 17.7 Å². The maximum absolute atomic E-state index is 12.7. The summed E-state index contributed by atoms with van der Waals surface area (Å²) in [4.78, 5) is 4.26. The molecule has 114 valence electrons. The van der Waals surface area contributed by atoms with Crippen LogP contribution in [-0.2, 0) is 29.7 Å². The quantitative estimate of drug-likeness (QED) is 0.874. The molecule has 3 rings (SSSR count). The number of aryl methyl sites for hydroxylation is 1. The first-order valence-corrected chi connectivity index (χ1v) is 8.29. The lowest BCUT2D eigenvalue weighted by Gasteiger charge is -2.26. The van der Waals surface area contributed by atoms with Crippen LogP contribution in [0.3, 0.4) is 0 Å². The lowest BCUT2D eigenvalue weighted by Crippen LogP contribution is -2.38. The number of aromatic nitrogens is 4. The number of imidazole rings is 1. The molecule has 8 nitrogen and oxygen atoms in total. The predicted octanol–water partition coefficient (Wildman–Crippen LogP) is 0.276. The molecule has 3 heterocycles. The number of hydrogen-bond donors (Lipinski definition) is 1. The highest BCUT2D eigenvalue weighted by Crippen LogP contribution is 2.24. The molecular weight excluding hydrogens is 292 g/mol. The molecule has 0 saturated carbocycles. The normalized spacial score (nSPS) is 16.0. The van der Waals surface area contributed by atoms with E-state index in [0.29, 0.717) is 19.6 Å². The monoisotopic (exact) mass is 310 g/mol. The summed E-state index contributed by atoms with van der Waals surface area (Å²) in [5, 5.41) is 4.06. The summed E-state index contributed by atoms with van der Waals surface area (Å²) < 4.78 is 30.4. The van der Waals surface area contributed by atoms with Crippen molar-refractivity contribution in [1.82, 2.24) is 23.6 Å². The molecule has 0 spiro atoms. The van der Waals surface area contributed by atoms with E-state index in [9.17, 15) is 8.42 Å². The van der Waals surface area contributed by atoms with E-state index in [0.717, 1.165) is 12.2 Å². The van der Waals surface area contributed by atoms with Crippen molar-refractivity contribution in [2.45, 2.75) is 37.9 Å². The summed E-state index contributed by atoms with van der Waals surface area (Å²) in [5.41, 5.74) is 5.78. The van der Waals surface area contributed by atoms with E-state index in [1.165, 1.54) is 10.5 Å². The van der Waals surface area contributed by atoms with Gasteiger partial charge in [0.05, 0.1) is 6.54 Å². The fourth-order valence-corrected chi connectivity index (χ4v) is 3.90. The van der Waals surface area contributed by atoms with Gasteiger partial charge in [0, 0.05) is 38.2 Å². The van der Waals surface area contributed by atoms with Gasteiger partial charge in [0.15, 0.2) is 5.82 Å². The van der Waals surface area contributed by atoms with Crippen LogP contribution in [0.15, 0.2) is 23.5 Å². The Bertz CT molecular complexity index is 748. The minimum atomic E-state index is -3.64. The maximum Gasteiger partial charge on any atom is 0.248 e. The number of fused-ring (bicyclic) bond motifs is 1. The zero-order valence-electron chi connectivity index (χ0n) is 11.8. The number of sulfonamides is 1. The number of nitrogens with zero attached hydrogens (tertiary/aromatic N) is 5. The molecule has 2 aromatic rings. The molecule has 0 fully saturated rings. The van der Waals surface area contributed by atoms with Crippen LogP contribution >= 0.6 is 0 Å². The van der Waals surface area contributed by atoms with E-state index in [1.54, 1.807) is 10.9 Å². The molecule has 2 aromatic heterocycles. The van der Waals surface area contributed by atoms with Gasteiger partial charge in [0.25, 0.3) is 0 Å². The lowest BCUT2D eigenvalue weighted by atomic mass is 10.4. The lowest BCUT2D eigenvalue weighted by molar-refractivity contribution is 0.335. The molecule has 0 bridgehead atoms. The number of hydrogen-bond acceptors (Lipinski definition) is 5. The summed E-state index contributed by atoms with van der Waals surface area (Å²) in [6.07, 6.45) is 5.91. The first-order valence-electron chi connectivity index (χ1n) is 6.85. The van der Waals surface area contributed by atoms with Crippen molar-refractivity contribution in [3.05, 3.63) is 24.4 Å². The molecule has 0 radical (unpaired) electrons. The predicted molar refractivity (Wildman–Crippen MR) is 76.8 cm³/mol. The van der Waals surface area contributed by atoms with E-state index in [4.69, 9.17) is 5.73 Å². The third-order valence-corrected chi connectivity index (χ3v) is 5.40. The fraction of sp³-hybridized carbons (Fsp3) is 0.500. The van der Waals surface area contributed by atoms with Crippen LogP contribution in [0.4, 0.5) is 5.82 Å². The Morgan fingerprint density at radius 2 is 2.19 bits per heavy atom. The van der Waals surface area contributed by atoms with Gasteiger partial charge in [-0.2, -0.15) is 9.40 Å². The first-order chi connectivity index (χ1) is 10.0. The summed E-state index contributed by atoms with van der Waals surface area (Å²) in [5.74, 6) is 0.793. The third kappa shape index (κ3) is 2.42. The SMILES string of the molecule is CCCn1cc(S(=O)(=O)N2CCn3ccnc3C2)c(N)n1. The van der Waals surface area contributed by atoms with Crippen LogP contribution in [0.2, 0.25) is 0 Å². The van der Waals surface area contributed by atoms with Gasteiger partial charge in [-0.15, -0.1) is 0 Å². The molecule has 0 aliphatic carbocycles. The zero-order chi connectivity index (χ0) is 15.0. The summed E-state index contributed by atoms with van der Waals surface area (Å²) in [7, 11) is -3.64. The van der Waals surface area contributed by atoms with Gasteiger partial charge in [0.2, 0.25) is 10.0 Å². The highest BCUT2D eigenvalue weighted by molar-refractivity contribution is 7.89. The second kappa shape index (κ2) is 5.15. The minimum absolute atomic E-state index is 0.0531. The summed E-state index contributed by atoms with van der Waals surface area (Å²) >= 11 is 0. The van der Waals surface area contributed by atoms with Gasteiger partial charge in [-0.3, -0.25) is 4.68 Å². The van der Waals surface area contributed by atoms with Crippen LogP contribution in [0.1, 0.15) is 19.2 Å². The zero-order valence-corrected chi connectivity index (χ0v) is 12.6. The van der Waals surface area contributed by atoms with Crippen LogP contribution in [0, 0.1) is 0 Å². The van der Waals surface area contributed by atoms with Crippen molar-refractivity contribution in [1.29, 1.82) is 0 Å². The van der Waals surface area contributed by atoms with Crippen molar-refractivity contribution >= 4 is 15.8 Å². The topological polar surface area (TPSA) is 99.0 Å². The Balaban J connectivity index is 1.91. The summed E-state index contributed by atoms with van der Waals surface area (Å²) in [6.45, 7) is 3.90. The largest absolute Gasteiger partial charge is 0.381 e. The molecule has 0 atom stereocenters. The van der Waals surface area contributed by atoms with E-state index in [2.05, 4.69) is 10.1 Å². The van der Waals surface area contributed by atoms with Crippen molar-refractivity contribution in [3.8, 4) is 0 Å². The van der Waals surface area contributed by atoms with Crippen LogP contribution < -0.4 is 5.73 Å². The van der Waals surface area contributed by atoms with E-state index < -0.39 is 10.0 Å². The number of nitrogens with two attached hydrogens (primary N) is 1. The highest BCUT2D eigenvalue weighted by atomic mass is 32.2. The Morgan fingerprint density at radius 3 is 2.95 bits per heavy atom. The number of rotatable bonds is 4. The van der Waals surface area contributed by atoms with Crippen molar-refractivity contribution in [3.63, 3.8) is 0 Å². The third-order valence-electron chi connectivity index (χ3n) is 3.54. The van der Waals surface area contributed by atoms with Gasteiger partial charge in [-0.25, -0.2) is 13.4 Å². The Kier molecular flexibility index (Phi) is 3.46. The number of nitrogen functional groups attached to an aromatic ring is 1. The first kappa shape index (κ1) is 14.1. The average molecular weight is 310 g/mol. The molecule has 0 amide bonds. The second-order valence-corrected chi connectivity index (χ2v) is 6.92. The van der Waals surface area contributed by atoms with Crippen LogP contribution in [0.5, 0.6) is 0 Å². The van der Waals surface area contributed by atoms with Gasteiger partial charge in [-0.1, -0.05) is 6.92 Å². The molecule has 0 saturated heterocycles. The van der Waals surface area contributed by atoms with Crippen molar-refractivity contribution < 1.29 is 8.42 Å². The standard InChI is InChI=1S/C12H18N6O2S/c1-2-4-17-8-10(12(13)15-17)21(19,20)18-7-6-16-5-3-14-11(16)9-18/h3,5,8H,2,4,6-7,9H2,1H3,(H2,13,15). The Labute approximate surface area is 123 Å². The fourth-order valence-electron chi connectivity index (χ4n) is 2.46. The molecule has 21 heavy (non-hydrogen) atoms. The molecular formula is C12H18N6O2S. The molecule has 0 aromatic carbocycles. The molecule has 2 N–H and O–H groups in total. The minimum Gasteiger partial charge on any atom is -0.381 e.